The van der Waals surface area contributed by atoms with Gasteiger partial charge in [-0.15, -0.1) is 0 Å². The summed E-state index contributed by atoms with van der Waals surface area (Å²) in [4.78, 5) is 0. The van der Waals surface area contributed by atoms with Crippen molar-refractivity contribution in [2.24, 2.45) is 5.41 Å². The van der Waals surface area contributed by atoms with Crippen LogP contribution in [-0.2, 0) is 0 Å². The van der Waals surface area contributed by atoms with Crippen LogP contribution in [0.25, 0.3) is 0 Å². The first-order valence-corrected chi connectivity index (χ1v) is 6.49. The first-order chi connectivity index (χ1) is 7.12. The van der Waals surface area contributed by atoms with Gasteiger partial charge < -0.3 is 0 Å². The van der Waals surface area contributed by atoms with E-state index in [9.17, 15) is 0 Å². The van der Waals surface area contributed by atoms with Gasteiger partial charge in [-0.3, -0.25) is 0 Å². The molecule has 0 spiro atoms. The molecule has 0 radical (unpaired) electrons. The van der Waals surface area contributed by atoms with Crippen molar-refractivity contribution in [1.82, 2.24) is 0 Å². The molecule has 0 saturated heterocycles. The molecule has 1 heteroatoms. The van der Waals surface area contributed by atoms with Crippen molar-refractivity contribution in [3.8, 4) is 6.07 Å². The molecule has 0 aliphatic heterocycles. The Bertz CT molecular complexity index is 176. The lowest BCUT2D eigenvalue weighted by Gasteiger charge is -2.20. The first-order valence-electron chi connectivity index (χ1n) is 6.49. The van der Waals surface area contributed by atoms with E-state index < -0.39 is 0 Å². The molecule has 0 unspecified atom stereocenters. The normalized spacial score (nSPS) is 11.3. The molecule has 0 rings (SSSR count). The standard InChI is InChI=1S/C14H27N/c1-4-5-6-7-8-9-10-11-14(2,3)12-13-15/h4-12H2,1-3H3. The minimum Gasteiger partial charge on any atom is -0.198 e. The fourth-order valence-corrected chi connectivity index (χ4v) is 1.86. The summed E-state index contributed by atoms with van der Waals surface area (Å²) in [6.45, 7) is 6.66. The van der Waals surface area contributed by atoms with Gasteiger partial charge in [-0.05, 0) is 11.8 Å². The summed E-state index contributed by atoms with van der Waals surface area (Å²) in [7, 11) is 0. The smallest absolute Gasteiger partial charge is 0.0627 e. The summed E-state index contributed by atoms with van der Waals surface area (Å²) in [5.74, 6) is 0. The van der Waals surface area contributed by atoms with E-state index >= 15 is 0 Å². The molecule has 0 aromatic heterocycles. The maximum Gasteiger partial charge on any atom is 0.0627 e. The highest BCUT2D eigenvalue weighted by atomic mass is 14.3. The second-order valence-corrected chi connectivity index (χ2v) is 5.37. The molecule has 0 saturated carbocycles. The molecule has 88 valence electrons. The number of hydrogen-bond acceptors (Lipinski definition) is 1. The maximum absolute atomic E-state index is 8.65. The largest absolute Gasteiger partial charge is 0.198 e. The minimum atomic E-state index is 0.234. The molecule has 0 N–H and O–H groups in total. The Morgan fingerprint density at radius 1 is 0.933 bits per heavy atom. The SMILES string of the molecule is CCCCCCCCCC(C)(C)CC#N. The molecule has 0 heterocycles. The van der Waals surface area contributed by atoms with Gasteiger partial charge in [-0.2, -0.15) is 5.26 Å². The van der Waals surface area contributed by atoms with Gasteiger partial charge >= 0.3 is 0 Å². The van der Waals surface area contributed by atoms with E-state index in [0.29, 0.717) is 6.42 Å². The Kier molecular flexibility index (Phi) is 8.47. The third kappa shape index (κ3) is 9.79. The molecule has 0 bridgehead atoms. The number of unbranched alkanes of at least 4 members (excludes halogenated alkanes) is 6. The van der Waals surface area contributed by atoms with Crippen LogP contribution in [0.2, 0.25) is 0 Å². The molecule has 0 fully saturated rings. The van der Waals surface area contributed by atoms with Crippen molar-refractivity contribution in [3.63, 3.8) is 0 Å². The topological polar surface area (TPSA) is 23.8 Å². The fourth-order valence-electron chi connectivity index (χ4n) is 1.86. The molecule has 0 aliphatic rings. The van der Waals surface area contributed by atoms with Crippen LogP contribution in [0.3, 0.4) is 0 Å². The zero-order valence-corrected chi connectivity index (χ0v) is 10.8. The van der Waals surface area contributed by atoms with Crippen molar-refractivity contribution >= 4 is 0 Å². The quantitative estimate of drug-likeness (QED) is 0.486. The van der Waals surface area contributed by atoms with Crippen LogP contribution in [0.4, 0.5) is 0 Å². The van der Waals surface area contributed by atoms with Crippen LogP contribution >= 0.6 is 0 Å². The summed E-state index contributed by atoms with van der Waals surface area (Å²) in [5.41, 5.74) is 0.234. The van der Waals surface area contributed by atoms with Crippen molar-refractivity contribution in [2.45, 2.75) is 78.6 Å². The predicted molar refractivity (Wildman–Crippen MR) is 66.6 cm³/mol. The molecule has 0 atom stereocenters. The summed E-state index contributed by atoms with van der Waals surface area (Å²) < 4.78 is 0. The Balaban J connectivity index is 3.27. The van der Waals surface area contributed by atoms with Gasteiger partial charge in [-0.1, -0.05) is 65.7 Å². The predicted octanol–water partition coefficient (Wildman–Crippen LogP) is 5.07. The van der Waals surface area contributed by atoms with Crippen LogP contribution in [0.15, 0.2) is 0 Å². The van der Waals surface area contributed by atoms with Gasteiger partial charge in [0.05, 0.1) is 6.07 Å². The molecule has 0 amide bonds. The highest BCUT2D eigenvalue weighted by Crippen LogP contribution is 2.27. The van der Waals surface area contributed by atoms with E-state index in [1.807, 2.05) is 0 Å². The second-order valence-electron chi connectivity index (χ2n) is 5.37. The van der Waals surface area contributed by atoms with E-state index in [0.717, 1.165) is 0 Å². The summed E-state index contributed by atoms with van der Waals surface area (Å²) >= 11 is 0. The Hall–Kier alpha value is -0.510. The van der Waals surface area contributed by atoms with Gasteiger partial charge in [0.1, 0.15) is 0 Å². The van der Waals surface area contributed by atoms with Crippen molar-refractivity contribution in [3.05, 3.63) is 0 Å². The lowest BCUT2D eigenvalue weighted by atomic mass is 9.84. The molecular formula is C14H27N. The van der Waals surface area contributed by atoms with E-state index in [4.69, 9.17) is 5.26 Å². The van der Waals surface area contributed by atoms with Crippen molar-refractivity contribution < 1.29 is 0 Å². The van der Waals surface area contributed by atoms with Crippen molar-refractivity contribution in [1.29, 1.82) is 5.26 Å². The van der Waals surface area contributed by atoms with Gasteiger partial charge in [-0.25, -0.2) is 0 Å². The summed E-state index contributed by atoms with van der Waals surface area (Å²) in [6, 6.07) is 2.28. The van der Waals surface area contributed by atoms with Crippen LogP contribution in [0, 0.1) is 16.7 Å². The zero-order valence-electron chi connectivity index (χ0n) is 10.8. The van der Waals surface area contributed by atoms with E-state index in [1.54, 1.807) is 0 Å². The van der Waals surface area contributed by atoms with Crippen LogP contribution in [0.1, 0.15) is 78.6 Å². The van der Waals surface area contributed by atoms with Gasteiger partial charge in [0, 0.05) is 6.42 Å². The Labute approximate surface area is 95.9 Å². The Morgan fingerprint density at radius 3 is 2.00 bits per heavy atom. The van der Waals surface area contributed by atoms with Crippen LogP contribution in [0.5, 0.6) is 0 Å². The second kappa shape index (κ2) is 8.77. The molecule has 15 heavy (non-hydrogen) atoms. The summed E-state index contributed by atoms with van der Waals surface area (Å²) in [6.07, 6.45) is 11.4. The molecular weight excluding hydrogens is 182 g/mol. The third-order valence-electron chi connectivity index (χ3n) is 3.01. The summed E-state index contributed by atoms with van der Waals surface area (Å²) in [5, 5.41) is 8.65. The zero-order chi connectivity index (χ0) is 11.6. The van der Waals surface area contributed by atoms with Gasteiger partial charge in [0.25, 0.3) is 0 Å². The molecule has 0 aromatic rings. The van der Waals surface area contributed by atoms with Crippen molar-refractivity contribution in [2.75, 3.05) is 0 Å². The highest BCUT2D eigenvalue weighted by Gasteiger charge is 2.16. The molecule has 1 nitrogen and oxygen atoms in total. The fraction of sp³-hybridized carbons (Fsp3) is 0.929. The molecule has 0 aromatic carbocycles. The van der Waals surface area contributed by atoms with E-state index in [2.05, 4.69) is 26.8 Å². The Morgan fingerprint density at radius 2 is 1.47 bits per heavy atom. The maximum atomic E-state index is 8.65. The number of nitriles is 1. The lowest BCUT2D eigenvalue weighted by molar-refractivity contribution is 0.326. The average Bonchev–Trinajstić information content (AvgIpc) is 2.16. The number of nitrogens with zero attached hydrogens (tertiary/aromatic N) is 1. The highest BCUT2D eigenvalue weighted by molar-refractivity contribution is 4.81. The minimum absolute atomic E-state index is 0.234. The third-order valence-corrected chi connectivity index (χ3v) is 3.01. The van der Waals surface area contributed by atoms with E-state index in [-0.39, 0.29) is 5.41 Å². The van der Waals surface area contributed by atoms with Gasteiger partial charge in [0.15, 0.2) is 0 Å². The monoisotopic (exact) mass is 209 g/mol. The average molecular weight is 209 g/mol. The van der Waals surface area contributed by atoms with Gasteiger partial charge in [0.2, 0.25) is 0 Å². The first kappa shape index (κ1) is 14.5. The number of hydrogen-bond donors (Lipinski definition) is 0. The van der Waals surface area contributed by atoms with Crippen LogP contribution < -0.4 is 0 Å². The van der Waals surface area contributed by atoms with Crippen LogP contribution in [-0.4, -0.2) is 0 Å². The molecule has 0 aliphatic carbocycles. The number of rotatable bonds is 9. The van der Waals surface area contributed by atoms with E-state index in [1.165, 1.54) is 51.4 Å². The lowest BCUT2D eigenvalue weighted by Crippen LogP contribution is -2.09.